The fourth-order valence-electron chi connectivity index (χ4n) is 2.95. The van der Waals surface area contributed by atoms with Crippen molar-refractivity contribution in [2.75, 3.05) is 5.32 Å². The van der Waals surface area contributed by atoms with Crippen LogP contribution in [0.15, 0.2) is 52.9 Å². The number of para-hydroxylation sites is 1. The topological polar surface area (TPSA) is 105 Å². The molecule has 0 radical (unpaired) electrons. The van der Waals surface area contributed by atoms with Crippen LogP contribution in [0.25, 0.3) is 11.0 Å². The molecule has 9 heteroatoms. The number of imide groups is 1. The summed E-state index contributed by atoms with van der Waals surface area (Å²) in [5, 5.41) is 3.91. The number of hydrogen-bond donors (Lipinski definition) is 2. The number of ketones is 1. The molecule has 146 valence electrons. The second kappa shape index (κ2) is 7.51. The van der Waals surface area contributed by atoms with E-state index < -0.39 is 33.9 Å². The first-order valence-corrected chi connectivity index (χ1v) is 9.43. The molecule has 1 aromatic heterocycles. The summed E-state index contributed by atoms with van der Waals surface area (Å²) >= 11 is 0.741. The van der Waals surface area contributed by atoms with Crippen molar-refractivity contribution >= 4 is 51.3 Å². The predicted octanol–water partition coefficient (Wildman–Crippen LogP) is 3.48. The molecule has 1 aliphatic heterocycles. The van der Waals surface area contributed by atoms with Crippen molar-refractivity contribution in [2.24, 2.45) is 0 Å². The third kappa shape index (κ3) is 3.77. The van der Waals surface area contributed by atoms with E-state index in [1.54, 1.807) is 24.3 Å². The fraction of sp³-hybridized carbons (Fsp3) is 0.100. The number of nitrogens with one attached hydrogen (secondary N) is 2. The molecule has 3 amide bonds. The number of rotatable bonds is 5. The van der Waals surface area contributed by atoms with Crippen LogP contribution in [-0.4, -0.2) is 28.1 Å². The van der Waals surface area contributed by atoms with Gasteiger partial charge in [0.2, 0.25) is 17.6 Å². The van der Waals surface area contributed by atoms with E-state index in [1.165, 1.54) is 12.1 Å². The number of benzene rings is 2. The molecule has 3 aromatic rings. The lowest BCUT2D eigenvalue weighted by Gasteiger charge is -2.08. The number of carbonyl (C=O) groups is 4. The molecule has 4 rings (SSSR count). The van der Waals surface area contributed by atoms with Crippen molar-refractivity contribution in [1.82, 2.24) is 5.32 Å². The second-order valence-electron chi connectivity index (χ2n) is 6.27. The van der Waals surface area contributed by atoms with Crippen molar-refractivity contribution in [2.45, 2.75) is 11.7 Å². The van der Waals surface area contributed by atoms with Gasteiger partial charge in [0.25, 0.3) is 5.24 Å². The van der Waals surface area contributed by atoms with E-state index in [0.29, 0.717) is 11.0 Å². The molecule has 1 aliphatic rings. The van der Waals surface area contributed by atoms with Gasteiger partial charge in [-0.3, -0.25) is 24.5 Å². The monoisotopic (exact) mass is 412 g/mol. The van der Waals surface area contributed by atoms with Crippen molar-refractivity contribution in [3.63, 3.8) is 0 Å². The number of hydrogen-bond acceptors (Lipinski definition) is 6. The molecule has 2 aromatic carbocycles. The van der Waals surface area contributed by atoms with Gasteiger partial charge in [-0.05, 0) is 36.4 Å². The number of amides is 3. The van der Waals surface area contributed by atoms with Gasteiger partial charge in [0.15, 0.2) is 5.76 Å². The van der Waals surface area contributed by atoms with Crippen molar-refractivity contribution in [1.29, 1.82) is 0 Å². The Hall–Kier alpha value is -3.46. The minimum Gasteiger partial charge on any atom is -0.450 e. The summed E-state index contributed by atoms with van der Waals surface area (Å²) < 4.78 is 18.8. The van der Waals surface area contributed by atoms with Crippen LogP contribution in [0, 0.1) is 5.82 Å². The van der Waals surface area contributed by atoms with Gasteiger partial charge in [0.1, 0.15) is 16.7 Å². The first-order valence-electron chi connectivity index (χ1n) is 8.55. The highest BCUT2D eigenvalue weighted by Crippen LogP contribution is 2.33. The Kier molecular flexibility index (Phi) is 4.89. The summed E-state index contributed by atoms with van der Waals surface area (Å²) in [6.45, 7) is 0. The van der Waals surface area contributed by atoms with Crippen LogP contribution in [0.3, 0.4) is 0 Å². The van der Waals surface area contributed by atoms with Crippen molar-refractivity contribution in [3.05, 3.63) is 65.7 Å². The van der Waals surface area contributed by atoms with Crippen LogP contribution >= 0.6 is 11.8 Å². The van der Waals surface area contributed by atoms with E-state index in [2.05, 4.69) is 10.6 Å². The normalized spacial score (nSPS) is 16.1. The lowest BCUT2D eigenvalue weighted by molar-refractivity contribution is -0.122. The molecule has 0 bridgehead atoms. The molecular weight excluding hydrogens is 399 g/mol. The lowest BCUT2D eigenvalue weighted by atomic mass is 10.1. The van der Waals surface area contributed by atoms with Gasteiger partial charge in [0.05, 0.1) is 5.69 Å². The molecule has 1 saturated heterocycles. The fourth-order valence-corrected chi connectivity index (χ4v) is 3.77. The van der Waals surface area contributed by atoms with E-state index in [9.17, 15) is 23.6 Å². The third-order valence-corrected chi connectivity index (χ3v) is 5.29. The van der Waals surface area contributed by atoms with Crippen LogP contribution < -0.4 is 10.6 Å². The zero-order valence-corrected chi connectivity index (χ0v) is 15.5. The summed E-state index contributed by atoms with van der Waals surface area (Å²) in [5.41, 5.74) is 0.739. The summed E-state index contributed by atoms with van der Waals surface area (Å²) in [4.78, 5) is 48.3. The van der Waals surface area contributed by atoms with Crippen molar-refractivity contribution in [3.8, 4) is 0 Å². The molecule has 1 atom stereocenters. The van der Waals surface area contributed by atoms with Crippen LogP contribution in [0.2, 0.25) is 0 Å². The van der Waals surface area contributed by atoms with Crippen molar-refractivity contribution < 1.29 is 28.0 Å². The average Bonchev–Trinajstić information content (AvgIpc) is 3.21. The maximum absolute atomic E-state index is 13.2. The Morgan fingerprint density at radius 3 is 2.52 bits per heavy atom. The lowest BCUT2D eigenvalue weighted by Crippen LogP contribution is -2.27. The largest absolute Gasteiger partial charge is 0.450 e. The molecule has 2 heterocycles. The van der Waals surface area contributed by atoms with Gasteiger partial charge in [0, 0.05) is 17.4 Å². The van der Waals surface area contributed by atoms with Crippen LogP contribution in [0.4, 0.5) is 14.9 Å². The van der Waals surface area contributed by atoms with E-state index in [0.717, 1.165) is 23.9 Å². The molecule has 0 spiro atoms. The Labute approximate surface area is 167 Å². The first kappa shape index (κ1) is 18.9. The van der Waals surface area contributed by atoms with Crippen LogP contribution in [0.5, 0.6) is 0 Å². The molecule has 7 nitrogen and oxygen atoms in total. The molecule has 0 saturated carbocycles. The predicted molar refractivity (Wildman–Crippen MR) is 104 cm³/mol. The highest BCUT2D eigenvalue weighted by molar-refractivity contribution is 8.15. The third-order valence-electron chi connectivity index (χ3n) is 4.31. The summed E-state index contributed by atoms with van der Waals surface area (Å²) in [6, 6.07) is 11.7. The quantitative estimate of drug-likeness (QED) is 0.622. The Balaban J connectivity index is 1.65. The number of thioether (sulfide) groups is 1. The van der Waals surface area contributed by atoms with E-state index >= 15 is 0 Å². The van der Waals surface area contributed by atoms with Gasteiger partial charge < -0.3 is 9.73 Å². The highest BCUT2D eigenvalue weighted by atomic mass is 32.2. The second-order valence-corrected chi connectivity index (χ2v) is 7.45. The maximum atomic E-state index is 13.2. The maximum Gasteiger partial charge on any atom is 0.286 e. The molecule has 2 N–H and O–H groups in total. The van der Waals surface area contributed by atoms with Gasteiger partial charge in [-0.2, -0.15) is 0 Å². The SMILES string of the molecule is O=C(CC1SC(=O)NC1=O)Nc1c(C(=O)c2ccc(F)cc2)oc2ccccc12. The number of carbonyl (C=O) groups excluding carboxylic acids is 4. The van der Waals surface area contributed by atoms with Gasteiger partial charge >= 0.3 is 0 Å². The number of anilines is 1. The Morgan fingerprint density at radius 1 is 1.10 bits per heavy atom. The van der Waals surface area contributed by atoms with E-state index in [1.807, 2.05) is 0 Å². The van der Waals surface area contributed by atoms with Crippen LogP contribution in [0.1, 0.15) is 22.5 Å². The smallest absolute Gasteiger partial charge is 0.286 e. The Morgan fingerprint density at radius 2 is 1.83 bits per heavy atom. The zero-order valence-electron chi connectivity index (χ0n) is 14.7. The van der Waals surface area contributed by atoms with E-state index in [-0.39, 0.29) is 23.4 Å². The zero-order chi connectivity index (χ0) is 20.5. The Bertz CT molecular complexity index is 1160. The standard InChI is InChI=1S/C20H13FN2O5S/c21-11-7-5-10(6-8-11)17(25)18-16(12-3-1-2-4-13(12)28-18)22-15(24)9-14-19(26)23-20(27)29-14/h1-8,14H,9H2,(H,22,24)(H,23,26,27). The number of fused-ring (bicyclic) bond motifs is 1. The first-order chi connectivity index (χ1) is 13.9. The molecular formula is C20H13FN2O5S. The molecule has 0 aliphatic carbocycles. The van der Waals surface area contributed by atoms with Crippen LogP contribution in [-0.2, 0) is 9.59 Å². The summed E-state index contributed by atoms with van der Waals surface area (Å²) in [7, 11) is 0. The minimum atomic E-state index is -0.836. The van der Waals surface area contributed by atoms with Gasteiger partial charge in [-0.25, -0.2) is 4.39 Å². The number of furan rings is 1. The summed E-state index contributed by atoms with van der Waals surface area (Å²) in [6.07, 6.45) is -0.244. The summed E-state index contributed by atoms with van der Waals surface area (Å²) in [5.74, 6) is -2.20. The van der Waals surface area contributed by atoms with E-state index in [4.69, 9.17) is 4.42 Å². The van der Waals surface area contributed by atoms with Gasteiger partial charge in [-0.15, -0.1) is 0 Å². The molecule has 1 fully saturated rings. The van der Waals surface area contributed by atoms with Gasteiger partial charge in [-0.1, -0.05) is 23.9 Å². The minimum absolute atomic E-state index is 0.106. The number of halogens is 1. The molecule has 29 heavy (non-hydrogen) atoms. The molecule has 1 unspecified atom stereocenters. The average molecular weight is 412 g/mol. The highest BCUT2D eigenvalue weighted by Gasteiger charge is 2.34.